The van der Waals surface area contributed by atoms with Crippen LogP contribution in [0, 0.1) is 0 Å². The molecular formula is C11H13NS. The summed E-state index contributed by atoms with van der Waals surface area (Å²) in [5, 5.41) is 3.47. The maximum absolute atomic E-state index is 5.79. The third-order valence-corrected chi connectivity index (χ3v) is 3.11. The summed E-state index contributed by atoms with van der Waals surface area (Å²) >= 11 is 1.80. The molecule has 1 unspecified atom stereocenters. The molecule has 13 heavy (non-hydrogen) atoms. The van der Waals surface area contributed by atoms with E-state index in [4.69, 9.17) is 5.73 Å². The number of thiophene rings is 1. The molecule has 0 fully saturated rings. The highest BCUT2D eigenvalue weighted by molar-refractivity contribution is 7.17. The summed E-state index contributed by atoms with van der Waals surface area (Å²) < 4.78 is 1.39. The Kier molecular flexibility index (Phi) is 2.34. The van der Waals surface area contributed by atoms with Gasteiger partial charge in [-0.05, 0) is 35.7 Å². The zero-order valence-corrected chi connectivity index (χ0v) is 8.47. The minimum Gasteiger partial charge on any atom is -0.328 e. The van der Waals surface area contributed by atoms with E-state index in [0.29, 0.717) is 0 Å². The van der Waals surface area contributed by atoms with E-state index in [9.17, 15) is 0 Å². The molecule has 1 heterocycles. The number of benzene rings is 1. The summed E-state index contributed by atoms with van der Waals surface area (Å²) in [4.78, 5) is 0. The maximum Gasteiger partial charge on any atom is 0.0375 e. The van der Waals surface area contributed by atoms with Crippen molar-refractivity contribution in [1.82, 2.24) is 0 Å². The average Bonchev–Trinajstić information content (AvgIpc) is 2.51. The lowest BCUT2D eigenvalue weighted by atomic mass is 10.1. The molecule has 1 aromatic heterocycles. The van der Waals surface area contributed by atoms with E-state index in [2.05, 4.69) is 29.6 Å². The van der Waals surface area contributed by atoms with E-state index >= 15 is 0 Å². The van der Waals surface area contributed by atoms with E-state index in [1.54, 1.807) is 11.3 Å². The second kappa shape index (κ2) is 3.48. The molecule has 2 heteroatoms. The molecule has 68 valence electrons. The second-order valence-corrected chi connectivity index (χ2v) is 4.35. The molecule has 2 N–H and O–H groups in total. The number of hydrogen-bond donors (Lipinski definition) is 1. The van der Waals surface area contributed by atoms with Gasteiger partial charge in [0.1, 0.15) is 0 Å². The van der Waals surface area contributed by atoms with Crippen molar-refractivity contribution in [3.63, 3.8) is 0 Å². The van der Waals surface area contributed by atoms with Crippen LogP contribution in [-0.2, 0) is 6.42 Å². The molecule has 0 saturated carbocycles. The van der Waals surface area contributed by atoms with Crippen LogP contribution in [0.15, 0.2) is 29.6 Å². The van der Waals surface area contributed by atoms with Crippen molar-refractivity contribution in [2.75, 3.05) is 0 Å². The topological polar surface area (TPSA) is 26.0 Å². The van der Waals surface area contributed by atoms with Gasteiger partial charge < -0.3 is 5.73 Å². The van der Waals surface area contributed by atoms with Crippen molar-refractivity contribution >= 4 is 21.4 Å². The van der Waals surface area contributed by atoms with Gasteiger partial charge in [0.2, 0.25) is 0 Å². The quantitative estimate of drug-likeness (QED) is 0.776. The molecule has 1 aromatic carbocycles. The number of nitrogens with two attached hydrogens (primary N) is 1. The van der Waals surface area contributed by atoms with Crippen LogP contribution in [-0.4, -0.2) is 6.04 Å². The van der Waals surface area contributed by atoms with E-state index in [1.807, 2.05) is 6.92 Å². The Labute approximate surface area is 82.2 Å². The van der Waals surface area contributed by atoms with Crippen molar-refractivity contribution in [2.45, 2.75) is 19.4 Å². The van der Waals surface area contributed by atoms with Crippen LogP contribution in [0.25, 0.3) is 10.1 Å². The first-order valence-electron chi connectivity index (χ1n) is 4.48. The number of fused-ring (bicyclic) bond motifs is 1. The molecule has 0 saturated heterocycles. The smallest absolute Gasteiger partial charge is 0.0375 e. The van der Waals surface area contributed by atoms with Gasteiger partial charge in [-0.2, -0.15) is 0 Å². The van der Waals surface area contributed by atoms with Crippen LogP contribution in [0.3, 0.4) is 0 Å². The Balaban J connectivity index is 2.48. The largest absolute Gasteiger partial charge is 0.328 e. The molecule has 0 aliphatic carbocycles. The van der Waals surface area contributed by atoms with E-state index in [1.165, 1.54) is 15.6 Å². The molecule has 1 atom stereocenters. The summed E-state index contributed by atoms with van der Waals surface area (Å²) in [6.07, 6.45) is 0.970. The summed E-state index contributed by atoms with van der Waals surface area (Å²) in [5.41, 5.74) is 7.17. The summed E-state index contributed by atoms with van der Waals surface area (Å²) in [6.45, 7) is 2.05. The first-order valence-corrected chi connectivity index (χ1v) is 5.36. The van der Waals surface area contributed by atoms with Crippen LogP contribution in [0.1, 0.15) is 12.5 Å². The van der Waals surface area contributed by atoms with E-state index < -0.39 is 0 Å². The fraction of sp³-hybridized carbons (Fsp3) is 0.273. The van der Waals surface area contributed by atoms with Gasteiger partial charge in [-0.15, -0.1) is 11.3 Å². The minimum absolute atomic E-state index is 0.243. The molecule has 0 bridgehead atoms. The van der Waals surface area contributed by atoms with Crippen molar-refractivity contribution in [2.24, 2.45) is 5.73 Å². The first kappa shape index (κ1) is 8.73. The lowest BCUT2D eigenvalue weighted by molar-refractivity contribution is 0.742. The highest BCUT2D eigenvalue weighted by Crippen LogP contribution is 2.25. The third-order valence-electron chi connectivity index (χ3n) is 2.10. The zero-order chi connectivity index (χ0) is 9.26. The van der Waals surface area contributed by atoms with E-state index in [0.717, 1.165) is 6.42 Å². The molecule has 2 rings (SSSR count). The Morgan fingerprint density at radius 2 is 2.23 bits per heavy atom. The van der Waals surface area contributed by atoms with Crippen LogP contribution in [0.2, 0.25) is 0 Å². The van der Waals surface area contributed by atoms with Crippen LogP contribution in [0.4, 0.5) is 0 Å². The van der Waals surface area contributed by atoms with Gasteiger partial charge >= 0.3 is 0 Å². The fourth-order valence-electron chi connectivity index (χ4n) is 1.56. The van der Waals surface area contributed by atoms with Gasteiger partial charge in [0.05, 0.1) is 0 Å². The Morgan fingerprint density at radius 1 is 1.38 bits per heavy atom. The summed E-state index contributed by atoms with van der Waals surface area (Å²) in [6, 6.07) is 8.82. The van der Waals surface area contributed by atoms with Crippen molar-refractivity contribution < 1.29 is 0 Å². The zero-order valence-electron chi connectivity index (χ0n) is 7.66. The summed E-state index contributed by atoms with van der Waals surface area (Å²) in [7, 11) is 0. The third kappa shape index (κ3) is 1.74. The molecule has 0 radical (unpaired) electrons. The SMILES string of the molecule is CC(N)Cc1cccc2ccsc12. The van der Waals surface area contributed by atoms with Crippen LogP contribution in [0.5, 0.6) is 0 Å². The molecule has 2 aromatic rings. The Bertz CT molecular complexity index is 403. The van der Waals surface area contributed by atoms with Crippen LogP contribution < -0.4 is 5.73 Å². The fourth-order valence-corrected chi connectivity index (χ4v) is 2.49. The van der Waals surface area contributed by atoms with Crippen molar-refractivity contribution in [1.29, 1.82) is 0 Å². The highest BCUT2D eigenvalue weighted by Gasteiger charge is 2.03. The highest BCUT2D eigenvalue weighted by atomic mass is 32.1. The second-order valence-electron chi connectivity index (χ2n) is 3.44. The van der Waals surface area contributed by atoms with Crippen molar-refractivity contribution in [3.8, 4) is 0 Å². The molecule has 0 aliphatic rings. The average molecular weight is 191 g/mol. The summed E-state index contributed by atoms with van der Waals surface area (Å²) in [5.74, 6) is 0. The van der Waals surface area contributed by atoms with Gasteiger partial charge in [-0.1, -0.05) is 18.2 Å². The molecule has 1 nitrogen and oxygen atoms in total. The van der Waals surface area contributed by atoms with Gasteiger partial charge in [0, 0.05) is 10.7 Å². The molecule has 0 aliphatic heterocycles. The number of hydrogen-bond acceptors (Lipinski definition) is 2. The molecule has 0 amide bonds. The monoisotopic (exact) mass is 191 g/mol. The lowest BCUT2D eigenvalue weighted by Gasteiger charge is -2.05. The van der Waals surface area contributed by atoms with Crippen LogP contribution >= 0.6 is 11.3 Å². The Hall–Kier alpha value is -0.860. The molecular weight excluding hydrogens is 178 g/mol. The minimum atomic E-state index is 0.243. The molecule has 0 spiro atoms. The predicted octanol–water partition coefficient (Wildman–Crippen LogP) is 2.79. The lowest BCUT2D eigenvalue weighted by Crippen LogP contribution is -2.17. The number of rotatable bonds is 2. The predicted molar refractivity (Wildman–Crippen MR) is 59.2 cm³/mol. The van der Waals surface area contributed by atoms with Crippen molar-refractivity contribution in [3.05, 3.63) is 35.2 Å². The first-order chi connectivity index (χ1) is 6.27. The normalized spacial score (nSPS) is 13.4. The van der Waals surface area contributed by atoms with E-state index in [-0.39, 0.29) is 6.04 Å². The maximum atomic E-state index is 5.79. The van der Waals surface area contributed by atoms with Gasteiger partial charge in [0.25, 0.3) is 0 Å². The van der Waals surface area contributed by atoms with Gasteiger partial charge in [-0.3, -0.25) is 0 Å². The Morgan fingerprint density at radius 3 is 3.00 bits per heavy atom. The standard InChI is InChI=1S/C11H13NS/c1-8(12)7-10-4-2-3-9-5-6-13-11(9)10/h2-6,8H,7,12H2,1H3. The van der Waals surface area contributed by atoms with Gasteiger partial charge in [-0.25, -0.2) is 0 Å². The van der Waals surface area contributed by atoms with Gasteiger partial charge in [0.15, 0.2) is 0 Å².